The molecule has 1 aromatic carbocycles. The van der Waals surface area contributed by atoms with Crippen molar-refractivity contribution in [3.05, 3.63) is 35.5 Å². The van der Waals surface area contributed by atoms with Gasteiger partial charge in [-0.25, -0.2) is 0 Å². The number of aliphatic hydroxyl groups excluding tert-OH is 1. The van der Waals surface area contributed by atoms with Gasteiger partial charge in [-0.3, -0.25) is 0 Å². The average molecular weight is 303 g/mol. The molecule has 1 aliphatic rings. The van der Waals surface area contributed by atoms with E-state index in [2.05, 4.69) is 48.0 Å². The van der Waals surface area contributed by atoms with E-state index in [1.807, 2.05) is 0 Å². The van der Waals surface area contributed by atoms with Crippen molar-refractivity contribution in [2.45, 2.75) is 45.4 Å². The van der Waals surface area contributed by atoms with Crippen molar-refractivity contribution in [1.29, 1.82) is 0 Å². The zero-order chi connectivity index (χ0) is 15.5. The molecule has 1 saturated heterocycles. The topological polar surface area (TPSA) is 51.0 Å². The molecule has 0 radical (unpaired) electrons. The van der Waals surface area contributed by atoms with Gasteiger partial charge < -0.3 is 19.7 Å². The Morgan fingerprint density at radius 3 is 2.95 bits per heavy atom. The van der Waals surface area contributed by atoms with E-state index in [0.717, 1.165) is 26.1 Å². The zero-order valence-electron chi connectivity index (χ0n) is 13.6. The highest BCUT2D eigenvalue weighted by atomic mass is 16.5. The molecule has 1 fully saturated rings. The predicted octanol–water partition coefficient (Wildman–Crippen LogP) is 1.36. The molecule has 4 heteroatoms. The molecule has 1 aromatic heterocycles. The fourth-order valence-electron chi connectivity index (χ4n) is 3.43. The first-order valence-electron chi connectivity index (χ1n) is 8.32. The smallest absolute Gasteiger partial charge is 0.121 e. The third-order valence-corrected chi connectivity index (χ3v) is 4.83. The third kappa shape index (κ3) is 3.19. The van der Waals surface area contributed by atoms with Crippen LogP contribution >= 0.6 is 0 Å². The summed E-state index contributed by atoms with van der Waals surface area (Å²) in [6, 6.07) is 8.43. The van der Waals surface area contributed by atoms with Gasteiger partial charge in [0.1, 0.15) is 25.3 Å². The molecule has 2 aromatic rings. The van der Waals surface area contributed by atoms with Gasteiger partial charge >= 0.3 is 0 Å². The molecule has 3 N–H and O–H groups in total. The van der Waals surface area contributed by atoms with E-state index in [0.29, 0.717) is 12.6 Å². The van der Waals surface area contributed by atoms with Crippen LogP contribution in [0.2, 0.25) is 0 Å². The third-order valence-electron chi connectivity index (χ3n) is 4.83. The van der Waals surface area contributed by atoms with Crippen molar-refractivity contribution in [2.75, 3.05) is 19.7 Å². The highest BCUT2D eigenvalue weighted by molar-refractivity contribution is 5.85. The van der Waals surface area contributed by atoms with E-state index < -0.39 is 0 Å². The average Bonchev–Trinajstić information content (AvgIpc) is 3.11. The second kappa shape index (κ2) is 6.82. The summed E-state index contributed by atoms with van der Waals surface area (Å²) < 4.78 is 7.86. The summed E-state index contributed by atoms with van der Waals surface area (Å²) in [5.74, 6) is 0. The summed E-state index contributed by atoms with van der Waals surface area (Å²) in [6.07, 6.45) is 2.38. The SMILES string of the molecule is Cc1c(C)n(C[C@@H](O)C[NH2+]C[C@H]2CCCO2)c2ccccc12. The lowest BCUT2D eigenvalue weighted by Gasteiger charge is -2.15. The summed E-state index contributed by atoms with van der Waals surface area (Å²) in [4.78, 5) is 0. The van der Waals surface area contributed by atoms with Gasteiger partial charge in [0.2, 0.25) is 0 Å². The molecule has 0 bridgehead atoms. The number of rotatable bonds is 6. The van der Waals surface area contributed by atoms with Gasteiger partial charge in [0, 0.05) is 23.2 Å². The van der Waals surface area contributed by atoms with Crippen LogP contribution in [0.15, 0.2) is 24.3 Å². The Morgan fingerprint density at radius 2 is 2.18 bits per heavy atom. The van der Waals surface area contributed by atoms with E-state index in [1.54, 1.807) is 0 Å². The molecule has 0 amide bonds. The molecule has 4 nitrogen and oxygen atoms in total. The summed E-state index contributed by atoms with van der Waals surface area (Å²) in [6.45, 7) is 7.53. The van der Waals surface area contributed by atoms with E-state index >= 15 is 0 Å². The van der Waals surface area contributed by atoms with Gasteiger partial charge in [0.25, 0.3) is 0 Å². The van der Waals surface area contributed by atoms with E-state index in [4.69, 9.17) is 4.74 Å². The number of fused-ring (bicyclic) bond motifs is 1. The number of ether oxygens (including phenoxy) is 1. The number of hydrogen-bond acceptors (Lipinski definition) is 2. The van der Waals surface area contributed by atoms with Crippen molar-refractivity contribution in [2.24, 2.45) is 0 Å². The standard InChI is InChI=1S/C18H26N2O2/c1-13-14(2)20(18-8-4-3-7-17(13)18)12-15(21)10-19-11-16-6-5-9-22-16/h3-4,7-8,15-16,19,21H,5-6,9-12H2,1-2H3/p+1/t15-,16+/m0/s1. The van der Waals surface area contributed by atoms with Gasteiger partial charge in [0.05, 0.1) is 6.54 Å². The minimum Gasteiger partial charge on any atom is -0.385 e. The lowest BCUT2D eigenvalue weighted by Crippen LogP contribution is -2.88. The summed E-state index contributed by atoms with van der Waals surface area (Å²) >= 11 is 0. The monoisotopic (exact) mass is 303 g/mol. The van der Waals surface area contributed by atoms with E-state index in [1.165, 1.54) is 28.6 Å². The van der Waals surface area contributed by atoms with Crippen molar-refractivity contribution < 1.29 is 15.2 Å². The Labute approximate surface area is 132 Å². The normalized spacial score (nSPS) is 19.9. The minimum atomic E-state index is -0.338. The van der Waals surface area contributed by atoms with Crippen molar-refractivity contribution in [3.63, 3.8) is 0 Å². The van der Waals surface area contributed by atoms with E-state index in [9.17, 15) is 5.11 Å². The van der Waals surface area contributed by atoms with Crippen LogP contribution in [0.4, 0.5) is 0 Å². The molecule has 1 aliphatic heterocycles. The molecule has 0 saturated carbocycles. The van der Waals surface area contributed by atoms with Gasteiger partial charge in [-0.2, -0.15) is 0 Å². The molecular formula is C18H27N2O2+. The van der Waals surface area contributed by atoms with Gasteiger partial charge in [-0.1, -0.05) is 18.2 Å². The first-order chi connectivity index (χ1) is 10.7. The molecule has 0 aliphatic carbocycles. The Morgan fingerprint density at radius 1 is 1.36 bits per heavy atom. The molecule has 2 atom stereocenters. The van der Waals surface area contributed by atoms with Gasteiger partial charge in [-0.15, -0.1) is 0 Å². The van der Waals surface area contributed by atoms with Crippen LogP contribution in [0.5, 0.6) is 0 Å². The van der Waals surface area contributed by atoms with Crippen LogP contribution in [-0.2, 0) is 11.3 Å². The van der Waals surface area contributed by atoms with Crippen LogP contribution in [0.1, 0.15) is 24.1 Å². The Bertz CT molecular complexity index is 629. The second-order valence-electron chi connectivity index (χ2n) is 6.39. The number of quaternary nitrogens is 1. The van der Waals surface area contributed by atoms with Crippen molar-refractivity contribution in [1.82, 2.24) is 4.57 Å². The number of para-hydroxylation sites is 1. The van der Waals surface area contributed by atoms with Crippen molar-refractivity contribution >= 4 is 10.9 Å². The highest BCUT2D eigenvalue weighted by Gasteiger charge is 2.19. The summed E-state index contributed by atoms with van der Waals surface area (Å²) in [7, 11) is 0. The number of aromatic nitrogens is 1. The molecule has 3 rings (SSSR count). The number of aliphatic hydroxyl groups is 1. The second-order valence-corrected chi connectivity index (χ2v) is 6.39. The van der Waals surface area contributed by atoms with Crippen molar-refractivity contribution in [3.8, 4) is 0 Å². The summed E-state index contributed by atoms with van der Waals surface area (Å²) in [5, 5.41) is 13.9. The Balaban J connectivity index is 1.61. The maximum Gasteiger partial charge on any atom is 0.121 e. The zero-order valence-corrected chi connectivity index (χ0v) is 13.6. The quantitative estimate of drug-likeness (QED) is 0.846. The first-order valence-corrected chi connectivity index (χ1v) is 8.32. The number of benzene rings is 1. The number of nitrogens with two attached hydrogens (primary N) is 1. The fourth-order valence-corrected chi connectivity index (χ4v) is 3.43. The van der Waals surface area contributed by atoms with Gasteiger partial charge in [-0.05, 0) is 38.3 Å². The number of aryl methyl sites for hydroxylation is 1. The predicted molar refractivity (Wildman–Crippen MR) is 88.1 cm³/mol. The number of nitrogens with zero attached hydrogens (tertiary/aromatic N) is 1. The van der Waals surface area contributed by atoms with Crippen LogP contribution in [0.25, 0.3) is 10.9 Å². The van der Waals surface area contributed by atoms with Crippen LogP contribution in [0, 0.1) is 13.8 Å². The molecule has 120 valence electrons. The molecule has 2 heterocycles. The molecule has 0 unspecified atom stereocenters. The van der Waals surface area contributed by atoms with Crippen LogP contribution < -0.4 is 5.32 Å². The number of hydrogen-bond donors (Lipinski definition) is 2. The lowest BCUT2D eigenvalue weighted by molar-refractivity contribution is -0.666. The largest absolute Gasteiger partial charge is 0.385 e. The highest BCUT2D eigenvalue weighted by Crippen LogP contribution is 2.24. The minimum absolute atomic E-state index is 0.338. The van der Waals surface area contributed by atoms with Crippen LogP contribution in [-0.4, -0.2) is 41.6 Å². The Hall–Kier alpha value is -1.36. The van der Waals surface area contributed by atoms with Crippen LogP contribution in [0.3, 0.4) is 0 Å². The first kappa shape index (κ1) is 15.5. The fraction of sp³-hybridized carbons (Fsp3) is 0.556. The lowest BCUT2D eigenvalue weighted by atomic mass is 10.2. The molecule has 0 spiro atoms. The van der Waals surface area contributed by atoms with Gasteiger partial charge in [0.15, 0.2) is 0 Å². The maximum absolute atomic E-state index is 10.4. The molecular weight excluding hydrogens is 276 g/mol. The van der Waals surface area contributed by atoms with E-state index in [-0.39, 0.29) is 6.10 Å². The molecule has 22 heavy (non-hydrogen) atoms. The summed E-state index contributed by atoms with van der Waals surface area (Å²) in [5.41, 5.74) is 3.78. The Kier molecular flexibility index (Phi) is 4.81. The maximum atomic E-state index is 10.4.